The first kappa shape index (κ1) is 37.6. The summed E-state index contributed by atoms with van der Waals surface area (Å²) in [6.45, 7) is 7.62. The first-order chi connectivity index (χ1) is 22.7. The number of carbonyl (C=O) groups excluding carboxylic acids is 3. The molecule has 12 nitrogen and oxygen atoms in total. The molecule has 270 valence electrons. The zero-order valence-corrected chi connectivity index (χ0v) is 28.3. The van der Waals surface area contributed by atoms with Crippen LogP contribution in [-0.4, -0.2) is 108 Å². The van der Waals surface area contributed by atoms with Gasteiger partial charge in [-0.2, -0.15) is 5.26 Å². The number of likely N-dealkylation sites (tertiary alicyclic amines) is 1. The van der Waals surface area contributed by atoms with Gasteiger partial charge in [0.05, 0.1) is 12.6 Å². The Morgan fingerprint density at radius 1 is 1.08 bits per heavy atom. The lowest BCUT2D eigenvalue weighted by molar-refractivity contribution is -0.128. The number of ether oxygens (including phenoxy) is 2. The molecule has 1 aromatic carbocycles. The van der Waals surface area contributed by atoms with E-state index in [4.69, 9.17) is 9.47 Å². The van der Waals surface area contributed by atoms with Gasteiger partial charge in [0, 0.05) is 76.4 Å². The molecule has 1 N–H and O–H groups in total. The summed E-state index contributed by atoms with van der Waals surface area (Å²) < 4.78 is 78.7. The quantitative estimate of drug-likeness (QED) is 0.265. The van der Waals surface area contributed by atoms with E-state index in [1.807, 2.05) is 11.1 Å². The summed E-state index contributed by atoms with van der Waals surface area (Å²) in [4.78, 5) is 48.2. The van der Waals surface area contributed by atoms with E-state index in [1.54, 1.807) is 25.7 Å². The first-order valence-electron chi connectivity index (χ1n) is 15.4. The molecule has 3 heterocycles. The van der Waals surface area contributed by atoms with Crippen LogP contribution in [0.4, 0.5) is 29.9 Å². The second-order valence-corrected chi connectivity index (χ2v) is 15.2. The average Bonchev–Trinajstić information content (AvgIpc) is 3.46. The molecular formula is C31H40F5N7O5S. The molecule has 1 aromatic heterocycles. The number of anilines is 1. The molecule has 0 aliphatic carbocycles. The number of carbonyl (C=O) groups is 3. The number of amides is 3. The van der Waals surface area contributed by atoms with Crippen LogP contribution in [0, 0.1) is 11.5 Å². The number of pyridine rings is 1. The Kier molecular flexibility index (Phi) is 10.4. The summed E-state index contributed by atoms with van der Waals surface area (Å²) in [5.74, 6) is -1.56. The van der Waals surface area contributed by atoms with Crippen molar-refractivity contribution < 1.29 is 43.3 Å². The summed E-state index contributed by atoms with van der Waals surface area (Å²) in [5, 5.41) is 12.5. The second-order valence-electron chi connectivity index (χ2n) is 12.8. The van der Waals surface area contributed by atoms with Crippen molar-refractivity contribution in [3.05, 3.63) is 54.4 Å². The topological polar surface area (TPSA) is 131 Å². The maximum Gasteiger partial charge on any atom is 0.410 e. The Hall–Kier alpha value is -4.21. The maximum atomic E-state index is 14.3. The number of hydrogen-bond donors (Lipinski definition) is 1. The Morgan fingerprint density at radius 2 is 1.73 bits per heavy atom. The monoisotopic (exact) mass is 717 g/mol. The third kappa shape index (κ3) is 9.70. The van der Waals surface area contributed by atoms with Crippen molar-refractivity contribution >= 4 is 33.8 Å². The van der Waals surface area contributed by atoms with Crippen molar-refractivity contribution in [2.45, 2.75) is 55.9 Å². The summed E-state index contributed by atoms with van der Waals surface area (Å²) in [7, 11) is -8.66. The molecule has 1 unspecified atom stereocenters. The van der Waals surface area contributed by atoms with Crippen LogP contribution >= 0.6 is 10.2 Å². The molecule has 2 aliphatic heterocycles. The molecular weight excluding hydrogens is 677 g/mol. The minimum absolute atomic E-state index is 0.0274. The van der Waals surface area contributed by atoms with Crippen molar-refractivity contribution in [3.8, 4) is 6.19 Å². The number of nitrogens with one attached hydrogen (secondary N) is 1. The number of aromatic nitrogens is 1. The van der Waals surface area contributed by atoms with E-state index in [-0.39, 0.29) is 42.9 Å². The van der Waals surface area contributed by atoms with E-state index in [2.05, 4.69) is 10.3 Å². The Balaban J connectivity index is 1.60. The molecule has 0 bridgehead atoms. The summed E-state index contributed by atoms with van der Waals surface area (Å²) >= 11 is 0. The van der Waals surface area contributed by atoms with Gasteiger partial charge in [-0.05, 0) is 51.1 Å². The lowest BCUT2D eigenvalue weighted by Crippen LogP contribution is -2.52. The molecule has 2 aromatic rings. The Bertz CT molecular complexity index is 1550. The van der Waals surface area contributed by atoms with Crippen LogP contribution < -0.4 is 10.2 Å². The normalized spacial score (nSPS) is 20.8. The highest BCUT2D eigenvalue weighted by Crippen LogP contribution is 3.02. The fourth-order valence-corrected chi connectivity index (χ4v) is 6.26. The number of methoxy groups -OCH3 is 1. The van der Waals surface area contributed by atoms with E-state index < -0.39 is 56.8 Å². The molecule has 3 amide bonds. The number of halogens is 5. The Labute approximate surface area is 281 Å². The number of rotatable bonds is 10. The molecule has 49 heavy (non-hydrogen) atoms. The standard InChI is InChI=1S/C31H40F5N7O5S/c1-31(2,3)48-30(46)41-16-14-40(15-17-41)13-12-39-28(44)27(22-6-5-11-38-19-22)43(29(45)26-18-24(47-4)20-42(26)21-37)23-7-9-25(10-8-23)49(32,33,34,35)36/h5-11,19,24,26-27H,12-18,20H2,1-4H3,(H,39,44)/t24-,26-,27?/m1/s1. The summed E-state index contributed by atoms with van der Waals surface area (Å²) in [6, 6.07) is 2.04. The minimum atomic E-state index is -10.1. The third-order valence-corrected chi connectivity index (χ3v) is 9.23. The molecule has 0 spiro atoms. The third-order valence-electron chi connectivity index (χ3n) is 8.07. The molecule has 2 fully saturated rings. The molecule has 3 atom stereocenters. The van der Waals surface area contributed by atoms with Gasteiger partial charge in [-0.3, -0.25) is 29.3 Å². The average molecular weight is 718 g/mol. The van der Waals surface area contributed by atoms with Crippen LogP contribution in [0.3, 0.4) is 0 Å². The van der Waals surface area contributed by atoms with Gasteiger partial charge in [-0.15, -0.1) is 0 Å². The van der Waals surface area contributed by atoms with Crippen LogP contribution in [0.1, 0.15) is 38.8 Å². The van der Waals surface area contributed by atoms with Crippen LogP contribution in [0.2, 0.25) is 0 Å². The number of benzene rings is 1. The SMILES string of the molecule is CO[C@@H]1C[C@H](C(=O)N(c2ccc(S(F)(F)(F)(F)F)cc2)C(C(=O)NCCN2CCN(C(=O)OC(C)(C)C)CC2)c2cccnc2)N(C#N)C1. The number of piperazine rings is 1. The maximum absolute atomic E-state index is 14.3. The van der Waals surface area contributed by atoms with Crippen LogP contribution in [0.5, 0.6) is 0 Å². The smallest absolute Gasteiger partial charge is 0.410 e. The molecule has 0 saturated carbocycles. The number of hydrogen-bond acceptors (Lipinski definition) is 9. The zero-order valence-electron chi connectivity index (χ0n) is 27.5. The van der Waals surface area contributed by atoms with Gasteiger partial charge in [-0.25, -0.2) is 4.79 Å². The molecule has 18 heteroatoms. The fourth-order valence-electron chi connectivity index (χ4n) is 5.61. The highest BCUT2D eigenvalue weighted by Gasteiger charge is 2.65. The first-order valence-corrected chi connectivity index (χ1v) is 17.4. The largest absolute Gasteiger partial charge is 0.444 e. The van der Waals surface area contributed by atoms with E-state index in [9.17, 15) is 39.1 Å². The van der Waals surface area contributed by atoms with Crippen molar-refractivity contribution in [1.29, 1.82) is 5.26 Å². The lowest BCUT2D eigenvalue weighted by Gasteiger charge is -2.41. The predicted octanol–water partition coefficient (Wildman–Crippen LogP) is 5.05. The van der Waals surface area contributed by atoms with E-state index in [0.717, 1.165) is 9.80 Å². The van der Waals surface area contributed by atoms with Crippen LogP contribution in [-0.2, 0) is 19.1 Å². The number of nitrogens with zero attached hydrogens (tertiary/aromatic N) is 6. The van der Waals surface area contributed by atoms with Gasteiger partial charge >= 0.3 is 16.3 Å². The van der Waals surface area contributed by atoms with Crippen molar-refractivity contribution in [2.75, 3.05) is 57.8 Å². The van der Waals surface area contributed by atoms with E-state index in [1.165, 1.54) is 31.6 Å². The van der Waals surface area contributed by atoms with Gasteiger partial charge in [-0.1, -0.05) is 25.5 Å². The highest BCUT2D eigenvalue weighted by atomic mass is 32.5. The lowest BCUT2D eigenvalue weighted by atomic mass is 10.0. The molecule has 2 saturated heterocycles. The zero-order chi connectivity index (χ0) is 36.3. The molecule has 4 rings (SSSR count). The highest BCUT2D eigenvalue weighted by molar-refractivity contribution is 8.45. The van der Waals surface area contributed by atoms with Gasteiger partial charge < -0.3 is 19.7 Å². The fraction of sp³-hybridized carbons (Fsp3) is 0.516. The van der Waals surface area contributed by atoms with Gasteiger partial charge in [0.2, 0.25) is 5.91 Å². The van der Waals surface area contributed by atoms with E-state index >= 15 is 0 Å². The van der Waals surface area contributed by atoms with Gasteiger partial charge in [0.25, 0.3) is 5.91 Å². The second kappa shape index (κ2) is 13.6. The molecule has 0 radical (unpaired) electrons. The Morgan fingerprint density at radius 3 is 2.27 bits per heavy atom. The van der Waals surface area contributed by atoms with E-state index in [0.29, 0.717) is 44.9 Å². The van der Waals surface area contributed by atoms with Crippen LogP contribution in [0.25, 0.3) is 0 Å². The summed E-state index contributed by atoms with van der Waals surface area (Å²) in [5.41, 5.74) is -0.737. The van der Waals surface area contributed by atoms with Crippen molar-refractivity contribution in [1.82, 2.24) is 25.0 Å². The van der Waals surface area contributed by atoms with Gasteiger partial charge in [0.1, 0.15) is 22.6 Å². The van der Waals surface area contributed by atoms with Crippen LogP contribution in [0.15, 0.2) is 53.7 Å². The predicted molar refractivity (Wildman–Crippen MR) is 171 cm³/mol. The summed E-state index contributed by atoms with van der Waals surface area (Å²) in [6.07, 6.45) is 3.71. The van der Waals surface area contributed by atoms with Crippen molar-refractivity contribution in [2.24, 2.45) is 0 Å². The van der Waals surface area contributed by atoms with Crippen molar-refractivity contribution in [3.63, 3.8) is 0 Å². The molecule has 2 aliphatic rings. The van der Waals surface area contributed by atoms with Gasteiger partial charge in [0.15, 0.2) is 6.19 Å². The minimum Gasteiger partial charge on any atom is -0.444 e. The number of nitriles is 1.